The highest BCUT2D eigenvalue weighted by atomic mass is 35.5. The molecule has 0 amide bonds. The van der Waals surface area contributed by atoms with Gasteiger partial charge in [-0.15, -0.1) is 0 Å². The predicted molar refractivity (Wildman–Crippen MR) is 74.7 cm³/mol. The van der Waals surface area contributed by atoms with Crippen LogP contribution < -0.4 is 5.32 Å². The Morgan fingerprint density at radius 2 is 2.15 bits per heavy atom. The van der Waals surface area contributed by atoms with Crippen molar-refractivity contribution in [3.63, 3.8) is 0 Å². The van der Waals surface area contributed by atoms with E-state index in [1.807, 2.05) is 0 Å². The second-order valence-corrected chi connectivity index (χ2v) is 5.72. The van der Waals surface area contributed by atoms with Gasteiger partial charge in [0.05, 0.1) is 9.95 Å². The van der Waals surface area contributed by atoms with Crippen LogP contribution in [-0.2, 0) is 4.74 Å². The van der Waals surface area contributed by atoms with Gasteiger partial charge in [-0.3, -0.25) is 10.1 Å². The van der Waals surface area contributed by atoms with Crippen LogP contribution in [0.1, 0.15) is 19.8 Å². The van der Waals surface area contributed by atoms with Gasteiger partial charge in [0.1, 0.15) is 11.5 Å². The monoisotopic (exact) mass is 302 g/mol. The first-order valence-electron chi connectivity index (χ1n) is 6.36. The first-order chi connectivity index (χ1) is 9.41. The van der Waals surface area contributed by atoms with Crippen molar-refractivity contribution in [1.82, 2.24) is 0 Å². The molecule has 0 bridgehead atoms. The Morgan fingerprint density at radius 3 is 2.75 bits per heavy atom. The Kier molecular flexibility index (Phi) is 4.45. The molecule has 1 fully saturated rings. The van der Waals surface area contributed by atoms with Crippen molar-refractivity contribution in [2.24, 2.45) is 5.41 Å². The average molecular weight is 303 g/mol. The molecule has 1 N–H and O–H groups in total. The third-order valence-corrected chi connectivity index (χ3v) is 3.93. The van der Waals surface area contributed by atoms with E-state index in [2.05, 4.69) is 12.2 Å². The maximum absolute atomic E-state index is 13.5. The van der Waals surface area contributed by atoms with Crippen molar-refractivity contribution in [2.75, 3.05) is 25.1 Å². The second kappa shape index (κ2) is 5.93. The first kappa shape index (κ1) is 15.0. The summed E-state index contributed by atoms with van der Waals surface area (Å²) in [6.45, 7) is 3.96. The minimum atomic E-state index is -0.670. The number of ether oxygens (including phenoxy) is 1. The van der Waals surface area contributed by atoms with Crippen molar-refractivity contribution in [2.45, 2.75) is 19.8 Å². The molecule has 1 heterocycles. The smallest absolute Gasteiger partial charge is 0.294 e. The Balaban J connectivity index is 2.16. The van der Waals surface area contributed by atoms with Crippen LogP contribution in [0.4, 0.5) is 15.8 Å². The summed E-state index contributed by atoms with van der Waals surface area (Å²) < 4.78 is 18.8. The Morgan fingerprint density at radius 1 is 1.50 bits per heavy atom. The summed E-state index contributed by atoms with van der Waals surface area (Å²) in [5.74, 6) is -0.670. The van der Waals surface area contributed by atoms with E-state index in [0.29, 0.717) is 19.8 Å². The molecule has 0 aromatic heterocycles. The molecular formula is C13H16ClFN2O3. The molecule has 0 saturated carbocycles. The number of nitrogens with one attached hydrogen (secondary N) is 1. The lowest BCUT2D eigenvalue weighted by Crippen LogP contribution is -2.33. The molecule has 7 heteroatoms. The summed E-state index contributed by atoms with van der Waals surface area (Å²) in [5, 5.41) is 13.7. The van der Waals surface area contributed by atoms with Crippen LogP contribution in [0.2, 0.25) is 5.02 Å². The summed E-state index contributed by atoms with van der Waals surface area (Å²) in [4.78, 5) is 10.4. The van der Waals surface area contributed by atoms with Crippen molar-refractivity contribution < 1.29 is 14.1 Å². The number of rotatable bonds is 4. The van der Waals surface area contributed by atoms with Crippen LogP contribution in [0.3, 0.4) is 0 Å². The first-order valence-corrected chi connectivity index (χ1v) is 6.74. The fraction of sp³-hybridized carbons (Fsp3) is 0.538. The minimum Gasteiger partial charge on any atom is -0.381 e. The van der Waals surface area contributed by atoms with Gasteiger partial charge in [-0.2, -0.15) is 0 Å². The van der Waals surface area contributed by atoms with Gasteiger partial charge >= 0.3 is 0 Å². The van der Waals surface area contributed by atoms with Crippen LogP contribution in [0.15, 0.2) is 12.1 Å². The molecule has 2 rings (SSSR count). The topological polar surface area (TPSA) is 64.4 Å². The summed E-state index contributed by atoms with van der Waals surface area (Å²) in [7, 11) is 0. The van der Waals surface area contributed by atoms with Gasteiger partial charge in [0.15, 0.2) is 0 Å². The van der Waals surface area contributed by atoms with E-state index >= 15 is 0 Å². The van der Waals surface area contributed by atoms with E-state index in [9.17, 15) is 14.5 Å². The summed E-state index contributed by atoms with van der Waals surface area (Å²) in [6.07, 6.45) is 1.73. The maximum atomic E-state index is 13.5. The summed E-state index contributed by atoms with van der Waals surface area (Å²) >= 11 is 5.58. The van der Waals surface area contributed by atoms with Crippen LogP contribution in [0.25, 0.3) is 0 Å². The zero-order valence-corrected chi connectivity index (χ0v) is 11.9. The third kappa shape index (κ3) is 3.37. The van der Waals surface area contributed by atoms with E-state index in [4.69, 9.17) is 16.3 Å². The van der Waals surface area contributed by atoms with E-state index in [0.717, 1.165) is 25.0 Å². The number of benzene rings is 1. The minimum absolute atomic E-state index is 0.0117. The molecule has 0 atom stereocenters. The largest absolute Gasteiger partial charge is 0.381 e. The van der Waals surface area contributed by atoms with Crippen LogP contribution in [0.5, 0.6) is 0 Å². The van der Waals surface area contributed by atoms with E-state index in [1.54, 1.807) is 0 Å². The zero-order chi connectivity index (χ0) is 14.8. The predicted octanol–water partition coefficient (Wildman–Crippen LogP) is 3.62. The Labute approximate surface area is 121 Å². The van der Waals surface area contributed by atoms with Gasteiger partial charge < -0.3 is 10.1 Å². The van der Waals surface area contributed by atoms with Gasteiger partial charge in [-0.05, 0) is 18.3 Å². The van der Waals surface area contributed by atoms with Crippen LogP contribution >= 0.6 is 11.6 Å². The number of hydrogen-bond donors (Lipinski definition) is 1. The lowest BCUT2D eigenvalue weighted by molar-refractivity contribution is -0.384. The van der Waals surface area contributed by atoms with Gasteiger partial charge in [-0.25, -0.2) is 4.39 Å². The van der Waals surface area contributed by atoms with Crippen molar-refractivity contribution in [3.8, 4) is 0 Å². The number of halogens is 2. The van der Waals surface area contributed by atoms with Crippen molar-refractivity contribution in [1.29, 1.82) is 0 Å². The maximum Gasteiger partial charge on any atom is 0.294 e. The highest BCUT2D eigenvalue weighted by Crippen LogP contribution is 2.34. The van der Waals surface area contributed by atoms with E-state index in [1.165, 1.54) is 0 Å². The fourth-order valence-electron chi connectivity index (χ4n) is 2.18. The molecule has 0 spiro atoms. The number of nitro benzene ring substituents is 1. The third-order valence-electron chi connectivity index (χ3n) is 3.64. The molecule has 0 radical (unpaired) electrons. The number of hydrogen-bond acceptors (Lipinski definition) is 4. The molecular weight excluding hydrogens is 287 g/mol. The molecule has 5 nitrogen and oxygen atoms in total. The van der Waals surface area contributed by atoms with Crippen molar-refractivity contribution in [3.05, 3.63) is 33.1 Å². The van der Waals surface area contributed by atoms with Gasteiger partial charge in [0.25, 0.3) is 5.69 Å². The van der Waals surface area contributed by atoms with Crippen molar-refractivity contribution >= 4 is 23.0 Å². The normalized spacial score (nSPS) is 17.8. The average Bonchev–Trinajstić information content (AvgIpc) is 2.40. The molecule has 1 aliphatic rings. The molecule has 1 aromatic rings. The van der Waals surface area contributed by atoms with Gasteiger partial charge in [0, 0.05) is 31.9 Å². The molecule has 1 saturated heterocycles. The number of nitrogens with zero attached hydrogens (tertiary/aromatic N) is 1. The molecule has 20 heavy (non-hydrogen) atoms. The fourth-order valence-corrected chi connectivity index (χ4v) is 2.34. The lowest BCUT2D eigenvalue weighted by atomic mass is 9.82. The molecule has 0 aliphatic carbocycles. The van der Waals surface area contributed by atoms with Crippen LogP contribution in [0, 0.1) is 21.3 Å². The van der Waals surface area contributed by atoms with Crippen LogP contribution in [-0.4, -0.2) is 24.7 Å². The molecule has 1 aliphatic heterocycles. The van der Waals surface area contributed by atoms with E-state index in [-0.39, 0.29) is 21.8 Å². The Bertz CT molecular complexity index is 519. The Hall–Kier alpha value is -1.40. The molecule has 0 unspecified atom stereocenters. The summed E-state index contributed by atoms with van der Waals surface area (Å²) in [6, 6.07) is 2.11. The lowest BCUT2D eigenvalue weighted by Gasteiger charge is -2.33. The molecule has 110 valence electrons. The number of anilines is 1. The quantitative estimate of drug-likeness (QED) is 0.681. The molecule has 1 aromatic carbocycles. The number of nitro groups is 1. The SMILES string of the molecule is CC1(CNc2cc(F)c(Cl)cc2[N+](=O)[O-])CCOCC1. The zero-order valence-electron chi connectivity index (χ0n) is 11.1. The van der Waals surface area contributed by atoms with Gasteiger partial charge in [-0.1, -0.05) is 18.5 Å². The summed E-state index contributed by atoms with van der Waals surface area (Å²) in [5.41, 5.74) is -0.0703. The second-order valence-electron chi connectivity index (χ2n) is 5.32. The highest BCUT2D eigenvalue weighted by molar-refractivity contribution is 6.31. The van der Waals surface area contributed by atoms with Gasteiger partial charge in [0.2, 0.25) is 0 Å². The highest BCUT2D eigenvalue weighted by Gasteiger charge is 2.28. The standard InChI is InChI=1S/C13H16ClFN2O3/c1-13(2-4-20-5-3-13)8-16-11-7-10(15)9(14)6-12(11)17(18)19/h6-7,16H,2-5,8H2,1H3. The van der Waals surface area contributed by atoms with E-state index < -0.39 is 10.7 Å².